The van der Waals surface area contributed by atoms with Crippen LogP contribution < -0.4 is 5.32 Å². The molecule has 0 aromatic carbocycles. The molecular formula is C12H21N3O2S. The van der Waals surface area contributed by atoms with Gasteiger partial charge in [0.2, 0.25) is 0 Å². The van der Waals surface area contributed by atoms with Gasteiger partial charge in [0.25, 0.3) is 0 Å². The maximum absolute atomic E-state index is 12.0. The van der Waals surface area contributed by atoms with E-state index in [4.69, 9.17) is 4.74 Å². The minimum Gasteiger partial charge on any atom is -0.465 e. The molecule has 5 nitrogen and oxygen atoms in total. The van der Waals surface area contributed by atoms with E-state index < -0.39 is 5.54 Å². The summed E-state index contributed by atoms with van der Waals surface area (Å²) in [6.45, 7) is 6.77. The van der Waals surface area contributed by atoms with Crippen LogP contribution in [0.25, 0.3) is 0 Å². The first-order chi connectivity index (χ1) is 8.53. The molecule has 1 heterocycles. The minimum atomic E-state index is -0.679. The molecule has 0 bridgehead atoms. The Hall–Kier alpha value is -1.01. The number of rotatable bonds is 7. The van der Waals surface area contributed by atoms with Gasteiger partial charge in [0.05, 0.1) is 6.61 Å². The van der Waals surface area contributed by atoms with Gasteiger partial charge in [0.1, 0.15) is 5.54 Å². The summed E-state index contributed by atoms with van der Waals surface area (Å²) in [5.74, 6) is 0.374. The predicted octanol–water partition coefficient (Wildman–Crippen LogP) is 1.44. The summed E-state index contributed by atoms with van der Waals surface area (Å²) in [4.78, 5) is 16.2. The summed E-state index contributed by atoms with van der Waals surface area (Å²) in [6.07, 6.45) is 3.63. The highest BCUT2D eigenvalue weighted by atomic mass is 32.2. The largest absolute Gasteiger partial charge is 0.465 e. The molecule has 1 unspecified atom stereocenters. The van der Waals surface area contributed by atoms with E-state index in [-0.39, 0.29) is 5.97 Å². The zero-order chi connectivity index (χ0) is 13.6. The molecular weight excluding hydrogens is 250 g/mol. The van der Waals surface area contributed by atoms with Crippen LogP contribution in [0.3, 0.4) is 0 Å². The fourth-order valence-electron chi connectivity index (χ4n) is 1.56. The number of ether oxygens (including phenoxy) is 1. The van der Waals surface area contributed by atoms with E-state index in [1.54, 1.807) is 18.0 Å². The third kappa shape index (κ3) is 3.74. The Morgan fingerprint density at radius 3 is 2.83 bits per heavy atom. The Kier molecular flexibility index (Phi) is 5.68. The van der Waals surface area contributed by atoms with Crippen LogP contribution >= 0.6 is 11.8 Å². The number of nitrogens with one attached hydrogen (secondary N) is 1. The number of aryl methyl sites for hydroxylation is 1. The smallest absolute Gasteiger partial charge is 0.326 e. The first kappa shape index (κ1) is 15.0. The molecule has 0 fully saturated rings. The van der Waals surface area contributed by atoms with Crippen LogP contribution in [0.1, 0.15) is 20.8 Å². The first-order valence-corrected chi connectivity index (χ1v) is 7.04. The number of imidazole rings is 1. The lowest BCUT2D eigenvalue weighted by Gasteiger charge is -2.27. The average Bonchev–Trinajstić information content (AvgIpc) is 2.73. The van der Waals surface area contributed by atoms with E-state index in [9.17, 15) is 4.79 Å². The lowest BCUT2D eigenvalue weighted by Crippen LogP contribution is -2.52. The number of hydrogen-bond acceptors (Lipinski definition) is 5. The third-order valence-electron chi connectivity index (χ3n) is 2.56. The first-order valence-electron chi connectivity index (χ1n) is 6.06. The average molecular weight is 271 g/mol. The summed E-state index contributed by atoms with van der Waals surface area (Å²) in [6, 6.07) is 0. The molecule has 1 aromatic rings. The summed E-state index contributed by atoms with van der Waals surface area (Å²) in [5.41, 5.74) is -0.679. The summed E-state index contributed by atoms with van der Waals surface area (Å²) in [7, 11) is 1.93. The summed E-state index contributed by atoms with van der Waals surface area (Å²) in [5, 5.41) is 4.09. The zero-order valence-corrected chi connectivity index (χ0v) is 12.2. The molecule has 0 aliphatic rings. The van der Waals surface area contributed by atoms with Crippen LogP contribution in [0, 0.1) is 0 Å². The van der Waals surface area contributed by atoms with Gasteiger partial charge in [-0.1, -0.05) is 18.7 Å². The van der Waals surface area contributed by atoms with Crippen molar-refractivity contribution in [2.24, 2.45) is 7.05 Å². The molecule has 0 radical (unpaired) electrons. The van der Waals surface area contributed by atoms with Crippen LogP contribution in [0.5, 0.6) is 0 Å². The topological polar surface area (TPSA) is 56.2 Å². The van der Waals surface area contributed by atoms with E-state index in [2.05, 4.69) is 10.3 Å². The lowest BCUT2D eigenvalue weighted by molar-refractivity contribution is -0.149. The van der Waals surface area contributed by atoms with Gasteiger partial charge in [-0.05, 0) is 20.4 Å². The van der Waals surface area contributed by atoms with Crippen LogP contribution in [0.2, 0.25) is 0 Å². The van der Waals surface area contributed by atoms with Gasteiger partial charge in [0.15, 0.2) is 5.16 Å². The number of nitrogens with zero attached hydrogens (tertiary/aromatic N) is 2. The van der Waals surface area contributed by atoms with Gasteiger partial charge in [-0.25, -0.2) is 4.98 Å². The molecule has 0 spiro atoms. The fraction of sp³-hybridized carbons (Fsp3) is 0.667. The summed E-state index contributed by atoms with van der Waals surface area (Å²) < 4.78 is 7.05. The minimum absolute atomic E-state index is 0.214. The van der Waals surface area contributed by atoms with E-state index in [1.807, 2.05) is 38.6 Å². The molecule has 0 saturated carbocycles. The highest BCUT2D eigenvalue weighted by Gasteiger charge is 2.34. The van der Waals surface area contributed by atoms with E-state index in [0.717, 1.165) is 11.7 Å². The number of hydrogen-bond donors (Lipinski definition) is 1. The molecule has 0 aliphatic carbocycles. The molecule has 0 amide bonds. The monoisotopic (exact) mass is 271 g/mol. The molecule has 0 aliphatic heterocycles. The second-order valence-electron chi connectivity index (χ2n) is 4.19. The van der Waals surface area contributed by atoms with Crippen molar-refractivity contribution in [1.29, 1.82) is 0 Å². The van der Waals surface area contributed by atoms with Crippen molar-refractivity contribution >= 4 is 17.7 Å². The van der Waals surface area contributed by atoms with Crippen molar-refractivity contribution in [3.63, 3.8) is 0 Å². The van der Waals surface area contributed by atoms with E-state index in [0.29, 0.717) is 12.4 Å². The highest BCUT2D eigenvalue weighted by Crippen LogP contribution is 2.21. The van der Waals surface area contributed by atoms with E-state index >= 15 is 0 Å². The van der Waals surface area contributed by atoms with Crippen molar-refractivity contribution in [1.82, 2.24) is 14.9 Å². The van der Waals surface area contributed by atoms with Gasteiger partial charge in [-0.15, -0.1) is 0 Å². The Morgan fingerprint density at radius 1 is 1.61 bits per heavy atom. The fourth-order valence-corrected chi connectivity index (χ4v) is 2.60. The van der Waals surface area contributed by atoms with Gasteiger partial charge in [-0.2, -0.15) is 0 Å². The number of carbonyl (C=O) groups is 1. The van der Waals surface area contributed by atoms with Gasteiger partial charge >= 0.3 is 5.97 Å². The number of carbonyl (C=O) groups excluding carboxylic acids is 1. The standard InChI is InChI=1S/C12H21N3O2S/c1-5-14-12(3,10(16)17-6-2)9-18-11-13-7-8-15(11)4/h7-8,14H,5-6,9H2,1-4H3. The van der Waals surface area contributed by atoms with Crippen LogP contribution in [-0.4, -0.2) is 40.0 Å². The van der Waals surface area contributed by atoms with Crippen LogP contribution in [-0.2, 0) is 16.6 Å². The lowest BCUT2D eigenvalue weighted by atomic mass is 10.1. The highest BCUT2D eigenvalue weighted by molar-refractivity contribution is 7.99. The Balaban J connectivity index is 2.67. The van der Waals surface area contributed by atoms with E-state index in [1.165, 1.54) is 0 Å². The molecule has 1 N–H and O–H groups in total. The van der Waals surface area contributed by atoms with Gasteiger partial charge in [-0.3, -0.25) is 4.79 Å². The molecule has 102 valence electrons. The molecule has 1 rings (SSSR count). The second kappa shape index (κ2) is 6.80. The Labute approximate surface area is 112 Å². The predicted molar refractivity (Wildman–Crippen MR) is 72.6 cm³/mol. The number of esters is 1. The summed E-state index contributed by atoms with van der Waals surface area (Å²) >= 11 is 1.54. The molecule has 6 heteroatoms. The maximum Gasteiger partial charge on any atom is 0.326 e. The number of likely N-dealkylation sites (N-methyl/N-ethyl adjacent to an activating group) is 1. The Morgan fingerprint density at radius 2 is 2.33 bits per heavy atom. The third-order valence-corrected chi connectivity index (χ3v) is 3.93. The normalized spacial score (nSPS) is 14.2. The van der Waals surface area contributed by atoms with Crippen molar-refractivity contribution in [2.45, 2.75) is 31.5 Å². The van der Waals surface area contributed by atoms with Crippen LogP contribution in [0.15, 0.2) is 17.6 Å². The zero-order valence-electron chi connectivity index (χ0n) is 11.4. The molecule has 1 aromatic heterocycles. The molecule has 1 atom stereocenters. The van der Waals surface area contributed by atoms with Crippen molar-refractivity contribution < 1.29 is 9.53 Å². The maximum atomic E-state index is 12.0. The van der Waals surface area contributed by atoms with Crippen molar-refractivity contribution in [3.8, 4) is 0 Å². The van der Waals surface area contributed by atoms with Crippen molar-refractivity contribution in [2.75, 3.05) is 18.9 Å². The van der Waals surface area contributed by atoms with Crippen LogP contribution in [0.4, 0.5) is 0 Å². The van der Waals surface area contributed by atoms with Gasteiger partial charge < -0.3 is 14.6 Å². The number of aromatic nitrogens is 2. The Bertz CT molecular complexity index is 394. The molecule has 0 saturated heterocycles. The SMILES string of the molecule is CCNC(C)(CSc1nccn1C)C(=O)OCC. The van der Waals surface area contributed by atoms with Crippen molar-refractivity contribution in [3.05, 3.63) is 12.4 Å². The number of thioether (sulfide) groups is 1. The quantitative estimate of drug-likeness (QED) is 0.601. The van der Waals surface area contributed by atoms with Gasteiger partial charge in [0, 0.05) is 25.2 Å². The molecule has 18 heavy (non-hydrogen) atoms. The second-order valence-corrected chi connectivity index (χ2v) is 5.13.